The van der Waals surface area contributed by atoms with Gasteiger partial charge >= 0.3 is 0 Å². The molecule has 1 fully saturated rings. The maximum Gasteiger partial charge on any atom is 0.253 e. The number of likely N-dealkylation sites (tertiary alicyclic amines) is 1. The molecule has 3 aromatic rings. The largest absolute Gasteiger partial charge is 0.348 e. The summed E-state index contributed by atoms with van der Waals surface area (Å²) in [4.78, 5) is 43.0. The van der Waals surface area contributed by atoms with Crippen LogP contribution in [-0.4, -0.2) is 34.2 Å². The van der Waals surface area contributed by atoms with Crippen molar-refractivity contribution >= 4 is 23.4 Å². The maximum atomic E-state index is 12.8. The van der Waals surface area contributed by atoms with Gasteiger partial charge in [0.1, 0.15) is 0 Å². The zero-order chi connectivity index (χ0) is 22.3. The van der Waals surface area contributed by atoms with E-state index in [2.05, 4.69) is 15.6 Å². The van der Waals surface area contributed by atoms with E-state index in [0.717, 1.165) is 11.1 Å². The second-order valence-corrected chi connectivity index (χ2v) is 7.77. The molecule has 1 unspecified atom stereocenters. The molecule has 4 rings (SSSR count). The van der Waals surface area contributed by atoms with Gasteiger partial charge in [0.25, 0.3) is 5.91 Å². The van der Waals surface area contributed by atoms with Gasteiger partial charge in [0.2, 0.25) is 11.8 Å². The zero-order valence-electron chi connectivity index (χ0n) is 17.5. The number of hydrogen-bond acceptors (Lipinski definition) is 4. The smallest absolute Gasteiger partial charge is 0.253 e. The Labute approximate surface area is 186 Å². The number of aromatic nitrogens is 1. The average molecular weight is 428 g/mol. The summed E-state index contributed by atoms with van der Waals surface area (Å²) in [5.74, 6) is -0.790. The summed E-state index contributed by atoms with van der Waals surface area (Å²) < 4.78 is 0. The molecule has 0 bridgehead atoms. The van der Waals surface area contributed by atoms with Gasteiger partial charge in [0.05, 0.1) is 11.5 Å². The quantitative estimate of drug-likeness (QED) is 0.605. The van der Waals surface area contributed by atoms with Gasteiger partial charge in [-0.1, -0.05) is 42.5 Å². The van der Waals surface area contributed by atoms with E-state index < -0.39 is 0 Å². The molecular formula is C25H24N4O3. The van der Waals surface area contributed by atoms with Crippen molar-refractivity contribution in [3.8, 4) is 0 Å². The minimum Gasteiger partial charge on any atom is -0.348 e. The molecule has 0 aliphatic carbocycles. The van der Waals surface area contributed by atoms with Gasteiger partial charge in [-0.25, -0.2) is 0 Å². The van der Waals surface area contributed by atoms with Crippen LogP contribution in [0.4, 0.5) is 5.69 Å². The molecule has 162 valence electrons. The SMILES string of the molecule is O=C(NCc1cccc(NC(=O)C2CC(=O)N(Cc3ccccc3)C2)c1)c1cccnc1. The molecule has 3 amide bonds. The van der Waals surface area contributed by atoms with Crippen LogP contribution in [-0.2, 0) is 22.7 Å². The summed E-state index contributed by atoms with van der Waals surface area (Å²) in [7, 11) is 0. The first-order chi connectivity index (χ1) is 15.6. The van der Waals surface area contributed by atoms with Gasteiger partial charge in [-0.05, 0) is 35.4 Å². The minimum absolute atomic E-state index is 0.0131. The lowest BCUT2D eigenvalue weighted by atomic mass is 10.1. The molecule has 0 radical (unpaired) electrons. The number of amides is 3. The molecule has 2 N–H and O–H groups in total. The van der Waals surface area contributed by atoms with E-state index in [4.69, 9.17) is 0 Å². The molecule has 32 heavy (non-hydrogen) atoms. The monoisotopic (exact) mass is 428 g/mol. The van der Waals surface area contributed by atoms with Gasteiger partial charge in [-0.15, -0.1) is 0 Å². The first-order valence-corrected chi connectivity index (χ1v) is 10.5. The normalized spacial score (nSPS) is 15.4. The fourth-order valence-corrected chi connectivity index (χ4v) is 3.69. The summed E-state index contributed by atoms with van der Waals surface area (Å²) in [6, 6.07) is 20.5. The molecular weight excluding hydrogens is 404 g/mol. The van der Waals surface area contributed by atoms with Crippen molar-refractivity contribution in [1.82, 2.24) is 15.2 Å². The Balaban J connectivity index is 1.31. The van der Waals surface area contributed by atoms with Crippen LogP contribution < -0.4 is 10.6 Å². The number of hydrogen-bond donors (Lipinski definition) is 2. The van der Waals surface area contributed by atoms with Gasteiger partial charge in [0.15, 0.2) is 0 Å². The number of carbonyl (C=O) groups excluding carboxylic acids is 3. The van der Waals surface area contributed by atoms with E-state index in [9.17, 15) is 14.4 Å². The van der Waals surface area contributed by atoms with Crippen LogP contribution in [0.2, 0.25) is 0 Å². The van der Waals surface area contributed by atoms with Crippen molar-refractivity contribution in [2.24, 2.45) is 5.92 Å². The highest BCUT2D eigenvalue weighted by Crippen LogP contribution is 2.22. The van der Waals surface area contributed by atoms with Crippen LogP contribution in [0.1, 0.15) is 27.9 Å². The van der Waals surface area contributed by atoms with Crippen LogP contribution in [0.15, 0.2) is 79.1 Å². The molecule has 7 nitrogen and oxygen atoms in total. The predicted octanol–water partition coefficient (Wildman–Crippen LogP) is 3.00. The van der Waals surface area contributed by atoms with Crippen LogP contribution in [0.25, 0.3) is 0 Å². The highest BCUT2D eigenvalue weighted by Gasteiger charge is 2.34. The lowest BCUT2D eigenvalue weighted by Crippen LogP contribution is -2.28. The molecule has 2 heterocycles. The number of nitrogens with one attached hydrogen (secondary N) is 2. The van der Waals surface area contributed by atoms with Crippen LogP contribution in [0.3, 0.4) is 0 Å². The van der Waals surface area contributed by atoms with Crippen molar-refractivity contribution in [2.75, 3.05) is 11.9 Å². The van der Waals surface area contributed by atoms with E-state index in [1.54, 1.807) is 29.3 Å². The lowest BCUT2D eigenvalue weighted by Gasteiger charge is -2.17. The summed E-state index contributed by atoms with van der Waals surface area (Å²) in [5, 5.41) is 5.75. The Morgan fingerprint density at radius 3 is 2.59 bits per heavy atom. The molecule has 1 saturated heterocycles. The van der Waals surface area contributed by atoms with Gasteiger partial charge in [-0.2, -0.15) is 0 Å². The molecule has 1 aromatic heterocycles. The number of carbonyl (C=O) groups is 3. The summed E-state index contributed by atoms with van der Waals surface area (Å²) in [5.41, 5.74) is 3.02. The van der Waals surface area contributed by atoms with Crippen LogP contribution in [0.5, 0.6) is 0 Å². The Morgan fingerprint density at radius 1 is 1.00 bits per heavy atom. The number of rotatable bonds is 7. The number of anilines is 1. The number of benzene rings is 2. The molecule has 1 atom stereocenters. The Hall–Kier alpha value is -4.00. The fraction of sp³-hybridized carbons (Fsp3) is 0.200. The first kappa shape index (κ1) is 21.2. The van der Waals surface area contributed by atoms with Gasteiger partial charge < -0.3 is 15.5 Å². The van der Waals surface area contributed by atoms with Crippen molar-refractivity contribution in [3.63, 3.8) is 0 Å². The van der Waals surface area contributed by atoms with E-state index in [1.165, 1.54) is 6.20 Å². The predicted molar refractivity (Wildman–Crippen MR) is 120 cm³/mol. The Morgan fingerprint density at radius 2 is 1.81 bits per heavy atom. The second kappa shape index (κ2) is 9.87. The summed E-state index contributed by atoms with van der Waals surface area (Å²) in [6.07, 6.45) is 3.33. The van der Waals surface area contributed by atoms with Gasteiger partial charge in [-0.3, -0.25) is 19.4 Å². The van der Waals surface area contributed by atoms with E-state index in [0.29, 0.717) is 30.9 Å². The Kier molecular flexibility index (Phi) is 6.55. The van der Waals surface area contributed by atoms with E-state index >= 15 is 0 Å². The topological polar surface area (TPSA) is 91.4 Å². The lowest BCUT2D eigenvalue weighted by molar-refractivity contribution is -0.128. The fourth-order valence-electron chi connectivity index (χ4n) is 3.69. The first-order valence-electron chi connectivity index (χ1n) is 10.5. The molecule has 0 spiro atoms. The van der Waals surface area contributed by atoms with Crippen molar-refractivity contribution < 1.29 is 14.4 Å². The third-order valence-corrected chi connectivity index (χ3v) is 5.37. The number of nitrogens with zero attached hydrogens (tertiary/aromatic N) is 2. The van der Waals surface area contributed by atoms with Crippen molar-refractivity contribution in [1.29, 1.82) is 0 Å². The van der Waals surface area contributed by atoms with Gasteiger partial charge in [0, 0.05) is 44.1 Å². The molecule has 2 aromatic carbocycles. The number of pyridine rings is 1. The van der Waals surface area contributed by atoms with Crippen LogP contribution >= 0.6 is 0 Å². The average Bonchev–Trinajstić information content (AvgIpc) is 3.19. The van der Waals surface area contributed by atoms with E-state index in [-0.39, 0.29) is 30.1 Å². The van der Waals surface area contributed by atoms with Crippen molar-refractivity contribution in [3.05, 3.63) is 95.8 Å². The third-order valence-electron chi connectivity index (χ3n) is 5.37. The zero-order valence-corrected chi connectivity index (χ0v) is 17.5. The molecule has 7 heteroatoms. The summed E-state index contributed by atoms with van der Waals surface area (Å²) >= 11 is 0. The highest BCUT2D eigenvalue weighted by atomic mass is 16.2. The van der Waals surface area contributed by atoms with Crippen molar-refractivity contribution in [2.45, 2.75) is 19.5 Å². The third kappa shape index (κ3) is 5.37. The highest BCUT2D eigenvalue weighted by molar-refractivity contribution is 5.97. The minimum atomic E-state index is -0.389. The Bertz CT molecular complexity index is 1100. The van der Waals surface area contributed by atoms with Crippen LogP contribution in [0, 0.1) is 5.92 Å². The second-order valence-electron chi connectivity index (χ2n) is 7.77. The molecule has 1 aliphatic heterocycles. The van der Waals surface area contributed by atoms with E-state index in [1.807, 2.05) is 48.5 Å². The standard InChI is InChI=1S/C25H24N4O3/c30-23-13-21(17-29(23)16-18-6-2-1-3-7-18)25(32)28-22-10-4-8-19(12-22)14-27-24(31)20-9-5-11-26-15-20/h1-12,15,21H,13-14,16-17H2,(H,27,31)(H,28,32). The maximum absolute atomic E-state index is 12.8. The molecule has 0 saturated carbocycles. The summed E-state index contributed by atoms with van der Waals surface area (Å²) in [6.45, 7) is 1.24. The molecule has 1 aliphatic rings.